The van der Waals surface area contributed by atoms with Gasteiger partial charge in [-0.15, -0.1) is 11.3 Å². The predicted octanol–water partition coefficient (Wildman–Crippen LogP) is 3.74. The highest BCUT2D eigenvalue weighted by Gasteiger charge is 2.09. The van der Waals surface area contributed by atoms with Gasteiger partial charge in [-0.1, -0.05) is 13.3 Å². The highest BCUT2D eigenvalue weighted by atomic mass is 32.1. The molecule has 1 aromatic heterocycles. The Morgan fingerprint density at radius 3 is 2.94 bits per heavy atom. The van der Waals surface area contributed by atoms with E-state index in [9.17, 15) is 4.39 Å². The second-order valence-electron chi connectivity index (χ2n) is 4.61. The molecule has 1 aromatic carbocycles. The monoisotopic (exact) mass is 266 g/mol. The third-order valence-corrected chi connectivity index (χ3v) is 4.41. The zero-order valence-electron chi connectivity index (χ0n) is 10.7. The summed E-state index contributed by atoms with van der Waals surface area (Å²) in [6.45, 7) is 2.96. The van der Waals surface area contributed by atoms with E-state index in [4.69, 9.17) is 5.73 Å². The Hall–Kier alpha value is -1.00. The number of thiazole rings is 1. The fourth-order valence-electron chi connectivity index (χ4n) is 2.17. The van der Waals surface area contributed by atoms with Crippen molar-refractivity contribution in [3.05, 3.63) is 29.0 Å². The lowest BCUT2D eigenvalue weighted by Gasteiger charge is -2.11. The number of benzene rings is 1. The molecule has 0 saturated carbocycles. The Labute approximate surface area is 111 Å². The Morgan fingerprint density at radius 1 is 1.39 bits per heavy atom. The molecule has 2 N–H and O–H groups in total. The standard InChI is InChI=1S/C14H19FN2S/c1-2-10(7-8-16)3-6-14-17-12-9-11(15)4-5-13(12)18-14/h4-5,9-10H,2-3,6-8,16H2,1H3. The van der Waals surface area contributed by atoms with Gasteiger partial charge in [0.2, 0.25) is 0 Å². The van der Waals surface area contributed by atoms with Crippen molar-refractivity contribution in [3.8, 4) is 0 Å². The molecule has 0 radical (unpaired) electrons. The molecule has 1 atom stereocenters. The molecule has 2 aromatic rings. The molecule has 0 bridgehead atoms. The van der Waals surface area contributed by atoms with E-state index in [1.165, 1.54) is 12.1 Å². The SMILES string of the molecule is CCC(CCN)CCc1nc2cc(F)ccc2s1. The number of hydrogen-bond donors (Lipinski definition) is 1. The third kappa shape index (κ3) is 3.27. The van der Waals surface area contributed by atoms with Gasteiger partial charge in [0, 0.05) is 6.07 Å². The van der Waals surface area contributed by atoms with E-state index in [1.54, 1.807) is 11.3 Å². The van der Waals surface area contributed by atoms with E-state index in [-0.39, 0.29) is 5.82 Å². The van der Waals surface area contributed by atoms with Crippen LogP contribution < -0.4 is 5.73 Å². The van der Waals surface area contributed by atoms with E-state index >= 15 is 0 Å². The molecule has 0 saturated heterocycles. The second kappa shape index (κ2) is 6.25. The molecule has 0 aliphatic rings. The molecular weight excluding hydrogens is 247 g/mol. The van der Waals surface area contributed by atoms with Gasteiger partial charge in [0.25, 0.3) is 0 Å². The van der Waals surface area contributed by atoms with Crippen molar-refractivity contribution >= 4 is 21.6 Å². The number of halogens is 1. The summed E-state index contributed by atoms with van der Waals surface area (Å²) in [6.07, 6.45) is 4.34. The first-order valence-electron chi connectivity index (χ1n) is 6.48. The lowest BCUT2D eigenvalue weighted by Crippen LogP contribution is -2.08. The van der Waals surface area contributed by atoms with Crippen molar-refractivity contribution in [1.82, 2.24) is 4.98 Å². The van der Waals surface area contributed by atoms with Crippen LogP contribution in [0.3, 0.4) is 0 Å². The van der Waals surface area contributed by atoms with E-state index in [2.05, 4.69) is 11.9 Å². The van der Waals surface area contributed by atoms with Crippen molar-refractivity contribution in [3.63, 3.8) is 0 Å². The van der Waals surface area contributed by atoms with Crippen LogP contribution in [-0.4, -0.2) is 11.5 Å². The second-order valence-corrected chi connectivity index (χ2v) is 5.73. The van der Waals surface area contributed by atoms with Crippen LogP contribution in [0.1, 0.15) is 31.2 Å². The minimum Gasteiger partial charge on any atom is -0.330 e. The molecule has 2 rings (SSSR count). The van der Waals surface area contributed by atoms with Gasteiger partial charge < -0.3 is 5.73 Å². The summed E-state index contributed by atoms with van der Waals surface area (Å²) < 4.78 is 14.1. The zero-order chi connectivity index (χ0) is 13.0. The zero-order valence-corrected chi connectivity index (χ0v) is 11.5. The Balaban J connectivity index is 2.03. The van der Waals surface area contributed by atoms with Crippen molar-refractivity contribution < 1.29 is 4.39 Å². The van der Waals surface area contributed by atoms with E-state index < -0.39 is 0 Å². The molecule has 0 aliphatic carbocycles. The van der Waals surface area contributed by atoms with Crippen molar-refractivity contribution in [2.45, 2.75) is 32.6 Å². The minimum absolute atomic E-state index is 0.214. The summed E-state index contributed by atoms with van der Waals surface area (Å²) in [6, 6.07) is 4.81. The fourth-order valence-corrected chi connectivity index (χ4v) is 3.13. The first kappa shape index (κ1) is 13.4. The van der Waals surface area contributed by atoms with Crippen LogP contribution in [0.4, 0.5) is 4.39 Å². The van der Waals surface area contributed by atoms with Crippen LogP contribution in [0.2, 0.25) is 0 Å². The maximum atomic E-state index is 13.1. The van der Waals surface area contributed by atoms with Gasteiger partial charge in [-0.2, -0.15) is 0 Å². The van der Waals surface area contributed by atoms with Gasteiger partial charge in [-0.25, -0.2) is 9.37 Å². The van der Waals surface area contributed by atoms with E-state index in [0.717, 1.165) is 47.5 Å². The lowest BCUT2D eigenvalue weighted by molar-refractivity contribution is 0.443. The summed E-state index contributed by atoms with van der Waals surface area (Å²) in [4.78, 5) is 4.49. The molecule has 1 unspecified atom stereocenters. The topological polar surface area (TPSA) is 38.9 Å². The fraction of sp³-hybridized carbons (Fsp3) is 0.500. The van der Waals surface area contributed by atoms with Crippen LogP contribution in [-0.2, 0) is 6.42 Å². The number of fused-ring (bicyclic) bond motifs is 1. The maximum absolute atomic E-state index is 13.1. The first-order valence-corrected chi connectivity index (χ1v) is 7.29. The highest BCUT2D eigenvalue weighted by molar-refractivity contribution is 7.18. The molecule has 18 heavy (non-hydrogen) atoms. The smallest absolute Gasteiger partial charge is 0.125 e. The number of nitrogens with two attached hydrogens (primary N) is 1. The number of nitrogens with zero attached hydrogens (tertiary/aromatic N) is 1. The molecule has 0 fully saturated rings. The third-order valence-electron chi connectivity index (χ3n) is 3.31. The van der Waals surface area contributed by atoms with E-state index in [0.29, 0.717) is 5.92 Å². The molecule has 98 valence electrons. The molecule has 0 aliphatic heterocycles. The van der Waals surface area contributed by atoms with Crippen molar-refractivity contribution in [2.75, 3.05) is 6.54 Å². The molecule has 0 amide bonds. The minimum atomic E-state index is -0.214. The first-order chi connectivity index (χ1) is 8.72. The number of aryl methyl sites for hydroxylation is 1. The van der Waals surface area contributed by atoms with Gasteiger partial charge in [0.15, 0.2) is 0 Å². The normalized spacial score (nSPS) is 13.1. The predicted molar refractivity (Wildman–Crippen MR) is 75.4 cm³/mol. The van der Waals surface area contributed by atoms with Crippen LogP contribution >= 0.6 is 11.3 Å². The van der Waals surface area contributed by atoms with Gasteiger partial charge in [0.1, 0.15) is 5.82 Å². The average molecular weight is 266 g/mol. The lowest BCUT2D eigenvalue weighted by atomic mass is 9.97. The van der Waals surface area contributed by atoms with Gasteiger partial charge in [-0.3, -0.25) is 0 Å². The van der Waals surface area contributed by atoms with Gasteiger partial charge >= 0.3 is 0 Å². The molecule has 2 nitrogen and oxygen atoms in total. The van der Waals surface area contributed by atoms with Crippen LogP contribution in [0.25, 0.3) is 10.2 Å². The van der Waals surface area contributed by atoms with Crippen LogP contribution in [0, 0.1) is 11.7 Å². The number of aromatic nitrogens is 1. The molecule has 1 heterocycles. The molecular formula is C14H19FN2S. The molecule has 0 spiro atoms. The Kier molecular flexibility index (Phi) is 4.66. The average Bonchev–Trinajstić information content (AvgIpc) is 2.76. The quantitative estimate of drug-likeness (QED) is 0.865. The Bertz CT molecular complexity index is 509. The van der Waals surface area contributed by atoms with Gasteiger partial charge in [0.05, 0.1) is 15.2 Å². The van der Waals surface area contributed by atoms with Gasteiger partial charge in [-0.05, 0) is 43.9 Å². The van der Waals surface area contributed by atoms with Crippen LogP contribution in [0.5, 0.6) is 0 Å². The number of hydrogen-bond acceptors (Lipinski definition) is 3. The molecule has 4 heteroatoms. The van der Waals surface area contributed by atoms with E-state index in [1.807, 2.05) is 6.07 Å². The van der Waals surface area contributed by atoms with Crippen molar-refractivity contribution in [1.29, 1.82) is 0 Å². The summed E-state index contributed by atoms with van der Waals surface area (Å²) in [5.41, 5.74) is 6.38. The summed E-state index contributed by atoms with van der Waals surface area (Å²) in [7, 11) is 0. The summed E-state index contributed by atoms with van der Waals surface area (Å²) in [5, 5.41) is 1.10. The Morgan fingerprint density at radius 2 is 2.22 bits per heavy atom. The summed E-state index contributed by atoms with van der Waals surface area (Å²) in [5.74, 6) is 0.465. The largest absolute Gasteiger partial charge is 0.330 e. The highest BCUT2D eigenvalue weighted by Crippen LogP contribution is 2.25. The number of rotatable bonds is 6. The van der Waals surface area contributed by atoms with Crippen LogP contribution in [0.15, 0.2) is 18.2 Å². The summed E-state index contributed by atoms with van der Waals surface area (Å²) >= 11 is 1.67. The van der Waals surface area contributed by atoms with Crippen molar-refractivity contribution in [2.24, 2.45) is 11.7 Å². The maximum Gasteiger partial charge on any atom is 0.125 e.